The van der Waals surface area contributed by atoms with Crippen LogP contribution in [0.15, 0.2) is 12.4 Å². The number of rotatable bonds is 5. The maximum atomic E-state index is 5.91. The number of hydrogen-bond acceptors (Lipinski definition) is 3. The molecule has 0 aliphatic heterocycles. The van der Waals surface area contributed by atoms with E-state index in [0.717, 1.165) is 25.6 Å². The molecule has 0 bridgehead atoms. The molecule has 1 aliphatic carbocycles. The van der Waals surface area contributed by atoms with Gasteiger partial charge in [-0.2, -0.15) is 0 Å². The van der Waals surface area contributed by atoms with Gasteiger partial charge < -0.3 is 15.6 Å². The number of nitrogens with two attached hydrogens (primary N) is 1. The highest BCUT2D eigenvalue weighted by Gasteiger charge is 2.32. The molecule has 1 aliphatic rings. The zero-order chi connectivity index (χ0) is 11.4. The van der Waals surface area contributed by atoms with Crippen molar-refractivity contribution in [1.29, 1.82) is 0 Å². The fourth-order valence-electron chi connectivity index (χ4n) is 2.58. The van der Waals surface area contributed by atoms with Gasteiger partial charge in [0.1, 0.15) is 0 Å². The fourth-order valence-corrected chi connectivity index (χ4v) is 2.58. The molecule has 0 radical (unpaired) electrons. The minimum absolute atomic E-state index is 0.310. The molecule has 90 valence electrons. The summed E-state index contributed by atoms with van der Waals surface area (Å²) in [6, 6.07) is 0. The summed E-state index contributed by atoms with van der Waals surface area (Å²) in [5.74, 6) is 0.974. The van der Waals surface area contributed by atoms with E-state index in [1.807, 2.05) is 12.4 Å². The van der Waals surface area contributed by atoms with Gasteiger partial charge in [0, 0.05) is 25.5 Å². The van der Waals surface area contributed by atoms with Crippen molar-refractivity contribution in [3.8, 4) is 0 Å². The first-order valence-electron chi connectivity index (χ1n) is 6.25. The second-order valence-electron chi connectivity index (χ2n) is 4.80. The Balaban J connectivity index is 1.95. The lowest BCUT2D eigenvalue weighted by atomic mass is 9.86. The molecule has 0 atom stereocenters. The standard InChI is InChI=1S/C12H22N4/c1-2-16-8-7-14-11(16)15-10-12(9-13)5-3-4-6-12/h7-8H,2-6,9-10,13H2,1H3,(H,14,15). The van der Waals surface area contributed by atoms with Crippen molar-refractivity contribution in [3.63, 3.8) is 0 Å². The molecule has 0 amide bonds. The van der Waals surface area contributed by atoms with E-state index in [0.29, 0.717) is 5.41 Å². The van der Waals surface area contributed by atoms with Crippen LogP contribution in [0.5, 0.6) is 0 Å². The highest BCUT2D eigenvalue weighted by Crippen LogP contribution is 2.37. The van der Waals surface area contributed by atoms with Crippen LogP contribution in [0.4, 0.5) is 5.95 Å². The van der Waals surface area contributed by atoms with Crippen LogP contribution >= 0.6 is 0 Å². The number of nitrogens with one attached hydrogen (secondary N) is 1. The highest BCUT2D eigenvalue weighted by molar-refractivity contribution is 5.26. The molecule has 1 aromatic rings. The van der Waals surface area contributed by atoms with Crippen molar-refractivity contribution < 1.29 is 0 Å². The molecule has 0 aromatic carbocycles. The van der Waals surface area contributed by atoms with Crippen LogP contribution in [0.1, 0.15) is 32.6 Å². The van der Waals surface area contributed by atoms with E-state index in [1.54, 1.807) is 0 Å². The lowest BCUT2D eigenvalue weighted by Crippen LogP contribution is -2.35. The van der Waals surface area contributed by atoms with Crippen LogP contribution < -0.4 is 11.1 Å². The highest BCUT2D eigenvalue weighted by atomic mass is 15.2. The van der Waals surface area contributed by atoms with E-state index in [4.69, 9.17) is 5.73 Å². The lowest BCUT2D eigenvalue weighted by Gasteiger charge is -2.27. The lowest BCUT2D eigenvalue weighted by molar-refractivity contribution is 0.331. The van der Waals surface area contributed by atoms with Crippen LogP contribution in [0.2, 0.25) is 0 Å². The Morgan fingerprint density at radius 3 is 2.88 bits per heavy atom. The Kier molecular flexibility index (Phi) is 3.49. The monoisotopic (exact) mass is 222 g/mol. The molecule has 1 saturated carbocycles. The molecule has 1 heterocycles. The summed E-state index contributed by atoms with van der Waals surface area (Å²) in [5.41, 5.74) is 6.22. The minimum Gasteiger partial charge on any atom is -0.355 e. The van der Waals surface area contributed by atoms with Gasteiger partial charge in [-0.3, -0.25) is 0 Å². The Labute approximate surface area is 97.2 Å². The Bertz CT molecular complexity index is 326. The zero-order valence-corrected chi connectivity index (χ0v) is 10.1. The van der Waals surface area contributed by atoms with E-state index >= 15 is 0 Å². The van der Waals surface area contributed by atoms with Crippen LogP contribution in [0.3, 0.4) is 0 Å². The van der Waals surface area contributed by atoms with Gasteiger partial charge in [-0.05, 0) is 31.7 Å². The normalized spacial score (nSPS) is 18.9. The van der Waals surface area contributed by atoms with Crippen molar-refractivity contribution in [2.45, 2.75) is 39.2 Å². The van der Waals surface area contributed by atoms with Gasteiger partial charge in [-0.15, -0.1) is 0 Å². The topological polar surface area (TPSA) is 55.9 Å². The summed E-state index contributed by atoms with van der Waals surface area (Å²) >= 11 is 0. The molecule has 0 unspecified atom stereocenters. The van der Waals surface area contributed by atoms with Crippen molar-refractivity contribution in [2.75, 3.05) is 18.4 Å². The maximum Gasteiger partial charge on any atom is 0.202 e. The van der Waals surface area contributed by atoms with Crippen molar-refractivity contribution in [3.05, 3.63) is 12.4 Å². The largest absolute Gasteiger partial charge is 0.355 e. The number of nitrogens with zero attached hydrogens (tertiary/aromatic N) is 2. The van der Waals surface area contributed by atoms with E-state index in [9.17, 15) is 0 Å². The average molecular weight is 222 g/mol. The van der Waals surface area contributed by atoms with E-state index in [-0.39, 0.29) is 0 Å². The molecule has 4 heteroatoms. The SMILES string of the molecule is CCn1ccnc1NCC1(CN)CCCC1. The van der Waals surface area contributed by atoms with Gasteiger partial charge >= 0.3 is 0 Å². The summed E-state index contributed by atoms with van der Waals surface area (Å²) in [5, 5.41) is 3.45. The van der Waals surface area contributed by atoms with Crippen LogP contribution in [0, 0.1) is 5.41 Å². The molecule has 1 fully saturated rings. The van der Waals surface area contributed by atoms with Gasteiger partial charge in [-0.1, -0.05) is 12.8 Å². The van der Waals surface area contributed by atoms with Gasteiger partial charge in [0.15, 0.2) is 0 Å². The number of anilines is 1. The maximum absolute atomic E-state index is 5.91. The second kappa shape index (κ2) is 4.87. The predicted molar refractivity (Wildman–Crippen MR) is 66.3 cm³/mol. The van der Waals surface area contributed by atoms with Crippen LogP contribution in [-0.4, -0.2) is 22.6 Å². The van der Waals surface area contributed by atoms with Crippen molar-refractivity contribution in [1.82, 2.24) is 9.55 Å². The van der Waals surface area contributed by atoms with Crippen molar-refractivity contribution in [2.24, 2.45) is 11.1 Å². The Morgan fingerprint density at radius 1 is 1.50 bits per heavy atom. The van der Waals surface area contributed by atoms with Crippen LogP contribution in [-0.2, 0) is 6.54 Å². The number of hydrogen-bond donors (Lipinski definition) is 2. The van der Waals surface area contributed by atoms with Crippen molar-refractivity contribution >= 4 is 5.95 Å². The van der Waals surface area contributed by atoms with Gasteiger partial charge in [0.25, 0.3) is 0 Å². The first-order chi connectivity index (χ1) is 7.79. The third-order valence-corrected chi connectivity index (χ3v) is 3.77. The van der Waals surface area contributed by atoms with E-state index in [1.165, 1.54) is 25.7 Å². The molecule has 16 heavy (non-hydrogen) atoms. The molecular weight excluding hydrogens is 200 g/mol. The molecule has 0 spiro atoms. The third-order valence-electron chi connectivity index (χ3n) is 3.77. The molecule has 4 nitrogen and oxygen atoms in total. The van der Waals surface area contributed by atoms with Gasteiger partial charge in [0.05, 0.1) is 0 Å². The molecular formula is C12H22N4. The summed E-state index contributed by atoms with van der Waals surface area (Å²) in [6.45, 7) is 4.83. The van der Waals surface area contributed by atoms with Crippen LogP contribution in [0.25, 0.3) is 0 Å². The number of imidazole rings is 1. The second-order valence-corrected chi connectivity index (χ2v) is 4.80. The quantitative estimate of drug-likeness (QED) is 0.799. The predicted octanol–water partition coefficient (Wildman–Crippen LogP) is 1.83. The van der Waals surface area contributed by atoms with Gasteiger partial charge in [-0.25, -0.2) is 4.98 Å². The zero-order valence-electron chi connectivity index (χ0n) is 10.1. The van der Waals surface area contributed by atoms with Gasteiger partial charge in [0.2, 0.25) is 5.95 Å². The molecule has 2 rings (SSSR count). The number of aryl methyl sites for hydroxylation is 1. The Morgan fingerprint density at radius 2 is 2.25 bits per heavy atom. The smallest absolute Gasteiger partial charge is 0.202 e. The Hall–Kier alpha value is -1.03. The first kappa shape index (κ1) is 11.5. The molecule has 0 saturated heterocycles. The van der Waals surface area contributed by atoms with E-state index < -0.39 is 0 Å². The minimum atomic E-state index is 0.310. The summed E-state index contributed by atoms with van der Waals surface area (Å²) < 4.78 is 2.12. The summed E-state index contributed by atoms with van der Waals surface area (Å²) in [4.78, 5) is 4.32. The molecule has 3 N–H and O–H groups in total. The number of aromatic nitrogens is 2. The summed E-state index contributed by atoms with van der Waals surface area (Å²) in [6.07, 6.45) is 9.00. The fraction of sp³-hybridized carbons (Fsp3) is 0.750. The third kappa shape index (κ3) is 2.21. The van der Waals surface area contributed by atoms with E-state index in [2.05, 4.69) is 21.8 Å². The molecule has 1 aromatic heterocycles. The average Bonchev–Trinajstić information content (AvgIpc) is 2.96. The first-order valence-corrected chi connectivity index (χ1v) is 6.25. The summed E-state index contributed by atoms with van der Waals surface area (Å²) in [7, 11) is 0.